The second-order valence-electron chi connectivity index (χ2n) is 6.96. The average Bonchev–Trinajstić information content (AvgIpc) is 2.35. The third-order valence-corrected chi connectivity index (χ3v) is 3.39. The lowest BCUT2D eigenvalue weighted by molar-refractivity contribution is -0.0521. The zero-order valence-corrected chi connectivity index (χ0v) is 13.7. The number of rotatable bonds is 1. The highest BCUT2D eigenvalue weighted by atomic mass is 16.7. The number of fused-ring (bicyclic) bond motifs is 1. The second-order valence-corrected chi connectivity index (χ2v) is 6.96. The Bertz CT molecular complexity index is 583. The van der Waals surface area contributed by atoms with Crippen molar-refractivity contribution < 1.29 is 9.63 Å². The van der Waals surface area contributed by atoms with Gasteiger partial charge in [-0.3, -0.25) is 9.74 Å². The molecule has 2 amide bonds. The number of hydrogen-bond acceptors (Lipinski definition) is 2. The van der Waals surface area contributed by atoms with E-state index in [9.17, 15) is 4.79 Å². The van der Waals surface area contributed by atoms with Crippen LogP contribution in [0, 0.1) is 6.92 Å². The number of amides is 2. The number of aryl methyl sites for hydroxylation is 1. The number of carbonyl (C=O) groups is 1. The van der Waals surface area contributed by atoms with Gasteiger partial charge in [-0.15, -0.1) is 0 Å². The van der Waals surface area contributed by atoms with Crippen LogP contribution >= 0.6 is 0 Å². The molecule has 0 bridgehead atoms. The Morgan fingerprint density at radius 2 is 1.95 bits per heavy atom. The molecular formula is C17H24N2O2. The van der Waals surface area contributed by atoms with Crippen molar-refractivity contribution in [3.8, 4) is 0 Å². The highest BCUT2D eigenvalue weighted by molar-refractivity contribution is 5.98. The zero-order valence-electron chi connectivity index (χ0n) is 13.7. The summed E-state index contributed by atoms with van der Waals surface area (Å²) in [5, 5.41) is 0. The summed E-state index contributed by atoms with van der Waals surface area (Å²) < 4.78 is 0. The molecule has 0 radical (unpaired) electrons. The molecule has 0 saturated heterocycles. The summed E-state index contributed by atoms with van der Waals surface area (Å²) in [6, 6.07) is 5.77. The Morgan fingerprint density at radius 3 is 2.57 bits per heavy atom. The summed E-state index contributed by atoms with van der Waals surface area (Å²) in [5.74, 6) is 0. The molecule has 2 rings (SSSR count). The van der Waals surface area contributed by atoms with Crippen LogP contribution in [0.3, 0.4) is 0 Å². The number of carbonyl (C=O) groups excluding carboxylic acids is 1. The molecule has 0 spiro atoms. The van der Waals surface area contributed by atoms with Gasteiger partial charge in [0.15, 0.2) is 0 Å². The Labute approximate surface area is 126 Å². The summed E-state index contributed by atoms with van der Waals surface area (Å²) in [6.07, 6.45) is 4.10. The number of para-hydroxylation sites is 1. The van der Waals surface area contributed by atoms with Gasteiger partial charge in [-0.05, 0) is 52.7 Å². The molecule has 0 aromatic heterocycles. The van der Waals surface area contributed by atoms with Gasteiger partial charge in [0.25, 0.3) is 0 Å². The fourth-order valence-corrected chi connectivity index (χ4v) is 2.38. The quantitative estimate of drug-likeness (QED) is 0.792. The van der Waals surface area contributed by atoms with Crippen LogP contribution in [-0.4, -0.2) is 17.2 Å². The largest absolute Gasteiger partial charge is 0.346 e. The molecule has 1 heterocycles. The fraction of sp³-hybridized carbons (Fsp3) is 0.471. The predicted molar refractivity (Wildman–Crippen MR) is 86.1 cm³/mol. The number of hydroxylamine groups is 1. The number of urea groups is 1. The Kier molecular flexibility index (Phi) is 3.85. The molecule has 1 aromatic rings. The van der Waals surface area contributed by atoms with Crippen LogP contribution in [0.15, 0.2) is 24.3 Å². The summed E-state index contributed by atoms with van der Waals surface area (Å²) >= 11 is 0. The van der Waals surface area contributed by atoms with Crippen LogP contribution in [0.1, 0.15) is 45.7 Å². The van der Waals surface area contributed by atoms with Crippen LogP contribution in [0.25, 0.3) is 6.08 Å². The summed E-state index contributed by atoms with van der Waals surface area (Å²) in [5.41, 5.74) is 4.76. The SMILES string of the molecule is Cc1cccc2c1N(C(=O)NOC(C)(C)C)C(C)(C)C=C2. The van der Waals surface area contributed by atoms with E-state index in [0.717, 1.165) is 16.8 Å². The molecule has 0 unspecified atom stereocenters. The zero-order chi connectivity index (χ0) is 15.8. The van der Waals surface area contributed by atoms with E-state index >= 15 is 0 Å². The number of nitrogens with one attached hydrogen (secondary N) is 1. The lowest BCUT2D eigenvalue weighted by Crippen LogP contribution is -2.54. The van der Waals surface area contributed by atoms with Crippen LogP contribution in [0.2, 0.25) is 0 Å². The lowest BCUT2D eigenvalue weighted by Gasteiger charge is -2.41. The van der Waals surface area contributed by atoms with Crippen molar-refractivity contribution >= 4 is 17.8 Å². The maximum atomic E-state index is 12.6. The summed E-state index contributed by atoms with van der Waals surface area (Å²) in [4.78, 5) is 19.8. The smallest absolute Gasteiger partial charge is 0.283 e. The van der Waals surface area contributed by atoms with Crippen molar-refractivity contribution in [1.82, 2.24) is 5.48 Å². The lowest BCUT2D eigenvalue weighted by atomic mass is 9.92. The van der Waals surface area contributed by atoms with Gasteiger partial charge in [0.05, 0.1) is 16.8 Å². The van der Waals surface area contributed by atoms with Crippen molar-refractivity contribution in [2.24, 2.45) is 0 Å². The first-order chi connectivity index (χ1) is 9.62. The topological polar surface area (TPSA) is 41.6 Å². The van der Waals surface area contributed by atoms with Gasteiger partial charge in [0, 0.05) is 0 Å². The number of anilines is 1. The van der Waals surface area contributed by atoms with E-state index in [0.29, 0.717) is 0 Å². The molecule has 21 heavy (non-hydrogen) atoms. The summed E-state index contributed by atoms with van der Waals surface area (Å²) in [7, 11) is 0. The van der Waals surface area contributed by atoms with Crippen molar-refractivity contribution in [2.75, 3.05) is 4.90 Å². The third kappa shape index (κ3) is 3.27. The second kappa shape index (κ2) is 5.19. The summed E-state index contributed by atoms with van der Waals surface area (Å²) in [6.45, 7) is 11.7. The molecule has 0 saturated carbocycles. The van der Waals surface area contributed by atoms with E-state index in [-0.39, 0.29) is 6.03 Å². The molecule has 1 aromatic carbocycles. The minimum Gasteiger partial charge on any atom is -0.283 e. The van der Waals surface area contributed by atoms with Crippen LogP contribution in [0.4, 0.5) is 10.5 Å². The Morgan fingerprint density at radius 1 is 1.29 bits per heavy atom. The minimum absolute atomic E-state index is 0.255. The van der Waals surface area contributed by atoms with Gasteiger partial charge < -0.3 is 0 Å². The van der Waals surface area contributed by atoms with Gasteiger partial charge in [-0.2, -0.15) is 0 Å². The number of nitrogens with zero attached hydrogens (tertiary/aromatic N) is 1. The van der Waals surface area contributed by atoms with E-state index in [1.54, 1.807) is 4.90 Å². The van der Waals surface area contributed by atoms with Crippen molar-refractivity contribution in [3.05, 3.63) is 35.4 Å². The van der Waals surface area contributed by atoms with Gasteiger partial charge in [0.1, 0.15) is 0 Å². The monoisotopic (exact) mass is 288 g/mol. The van der Waals surface area contributed by atoms with Gasteiger partial charge in [-0.1, -0.05) is 30.4 Å². The molecular weight excluding hydrogens is 264 g/mol. The van der Waals surface area contributed by atoms with Crippen molar-refractivity contribution in [3.63, 3.8) is 0 Å². The van der Waals surface area contributed by atoms with Crippen LogP contribution < -0.4 is 10.4 Å². The number of benzene rings is 1. The Balaban J connectivity index is 2.37. The molecule has 4 nitrogen and oxygen atoms in total. The van der Waals surface area contributed by atoms with Gasteiger partial charge in [0.2, 0.25) is 0 Å². The molecule has 4 heteroatoms. The van der Waals surface area contributed by atoms with E-state index in [1.165, 1.54) is 0 Å². The minimum atomic E-state index is -0.431. The Hall–Kier alpha value is -1.81. The molecule has 0 aliphatic carbocycles. The van der Waals surface area contributed by atoms with Crippen LogP contribution in [0.5, 0.6) is 0 Å². The van der Waals surface area contributed by atoms with Crippen molar-refractivity contribution in [1.29, 1.82) is 0 Å². The normalized spacial score (nSPS) is 16.6. The molecule has 0 fully saturated rings. The number of hydrogen-bond donors (Lipinski definition) is 1. The highest BCUT2D eigenvalue weighted by Gasteiger charge is 2.35. The molecule has 1 aliphatic heterocycles. The molecule has 0 atom stereocenters. The van der Waals surface area contributed by atoms with E-state index < -0.39 is 11.1 Å². The molecule has 114 valence electrons. The van der Waals surface area contributed by atoms with Crippen LogP contribution in [-0.2, 0) is 4.84 Å². The van der Waals surface area contributed by atoms with Gasteiger partial charge in [-0.25, -0.2) is 10.3 Å². The first kappa shape index (κ1) is 15.6. The fourth-order valence-electron chi connectivity index (χ4n) is 2.38. The molecule has 1 N–H and O–H groups in total. The van der Waals surface area contributed by atoms with E-state index in [4.69, 9.17) is 4.84 Å². The predicted octanol–water partition coefficient (Wildman–Crippen LogP) is 4.05. The first-order valence-electron chi connectivity index (χ1n) is 7.19. The molecule has 1 aliphatic rings. The standard InChI is InChI=1S/C17H24N2O2/c1-12-8-7-9-13-10-11-17(5,6)19(14(12)13)15(20)18-21-16(2,3)4/h7-11H,1-6H3,(H,18,20). The van der Waals surface area contributed by atoms with Crippen molar-refractivity contribution in [2.45, 2.75) is 52.7 Å². The first-order valence-corrected chi connectivity index (χ1v) is 7.19. The maximum absolute atomic E-state index is 12.6. The maximum Gasteiger partial charge on any atom is 0.346 e. The van der Waals surface area contributed by atoms with Gasteiger partial charge >= 0.3 is 6.03 Å². The van der Waals surface area contributed by atoms with E-state index in [2.05, 4.69) is 11.6 Å². The highest BCUT2D eigenvalue weighted by Crippen LogP contribution is 2.37. The van der Waals surface area contributed by atoms with E-state index in [1.807, 2.05) is 65.8 Å². The third-order valence-electron chi connectivity index (χ3n) is 3.39. The average molecular weight is 288 g/mol.